The third-order valence-electron chi connectivity index (χ3n) is 3.55. The van der Waals surface area contributed by atoms with Gasteiger partial charge < -0.3 is 10.2 Å². The molecule has 1 aliphatic heterocycles. The number of fused-ring (bicyclic) bond motifs is 1. The van der Waals surface area contributed by atoms with Crippen molar-refractivity contribution in [2.45, 2.75) is 13.3 Å². The van der Waals surface area contributed by atoms with Crippen molar-refractivity contribution < 1.29 is 4.79 Å². The van der Waals surface area contributed by atoms with Crippen LogP contribution in [0, 0.1) is 24.3 Å². The molecule has 1 saturated heterocycles. The summed E-state index contributed by atoms with van der Waals surface area (Å²) in [4.78, 5) is 18.2. The zero-order valence-electron chi connectivity index (χ0n) is 11.1. The number of nitrogens with one attached hydrogen (secondary N) is 1. The van der Waals surface area contributed by atoms with Crippen molar-refractivity contribution in [2.24, 2.45) is 5.92 Å². The van der Waals surface area contributed by atoms with E-state index in [9.17, 15) is 4.79 Å². The van der Waals surface area contributed by atoms with Gasteiger partial charge in [0.15, 0.2) is 11.3 Å². The number of thiazole rings is 1. The fourth-order valence-corrected chi connectivity index (χ4v) is 3.36. The van der Waals surface area contributed by atoms with Gasteiger partial charge in [-0.05, 0) is 25.0 Å². The third kappa shape index (κ3) is 2.32. The Bertz CT molecular complexity index is 703. The lowest BCUT2D eigenvalue weighted by Gasteiger charge is -2.08. The van der Waals surface area contributed by atoms with Crippen LogP contribution in [0.15, 0.2) is 18.2 Å². The van der Waals surface area contributed by atoms with E-state index >= 15 is 0 Å². The minimum Gasteiger partial charge on any atom is -0.310 e. The second kappa shape index (κ2) is 5.10. The molecule has 6 heteroatoms. The molecule has 0 bridgehead atoms. The van der Waals surface area contributed by atoms with Crippen molar-refractivity contribution in [1.29, 1.82) is 5.26 Å². The van der Waals surface area contributed by atoms with Gasteiger partial charge in [-0.3, -0.25) is 4.79 Å². The largest absolute Gasteiger partial charge is 0.310 e. The van der Waals surface area contributed by atoms with Crippen molar-refractivity contribution in [3.8, 4) is 6.19 Å². The minimum atomic E-state index is -0.122. The Morgan fingerprint density at radius 2 is 2.45 bits per heavy atom. The SMILES string of the molecule is Cc1cccc2sc(NC(=O)[C@H]3CCN(C#N)C3)nc12. The maximum absolute atomic E-state index is 12.2. The monoisotopic (exact) mass is 286 g/mol. The van der Waals surface area contributed by atoms with Gasteiger partial charge in [0.25, 0.3) is 0 Å². The second-order valence-corrected chi connectivity index (χ2v) is 5.99. The van der Waals surface area contributed by atoms with Crippen molar-refractivity contribution in [3.05, 3.63) is 23.8 Å². The van der Waals surface area contributed by atoms with Crippen LogP contribution in [0.1, 0.15) is 12.0 Å². The fourth-order valence-electron chi connectivity index (χ4n) is 2.41. The van der Waals surface area contributed by atoms with Gasteiger partial charge in [0.2, 0.25) is 5.91 Å². The molecular formula is C14H14N4OS. The van der Waals surface area contributed by atoms with Gasteiger partial charge in [-0.2, -0.15) is 5.26 Å². The summed E-state index contributed by atoms with van der Waals surface area (Å²) in [7, 11) is 0. The van der Waals surface area contributed by atoms with E-state index in [-0.39, 0.29) is 11.8 Å². The molecule has 1 amide bonds. The number of amides is 1. The molecule has 102 valence electrons. The molecule has 0 aliphatic carbocycles. The van der Waals surface area contributed by atoms with Crippen LogP contribution in [-0.2, 0) is 4.79 Å². The van der Waals surface area contributed by atoms with Crippen LogP contribution in [0.2, 0.25) is 0 Å². The number of aromatic nitrogens is 1. The van der Waals surface area contributed by atoms with E-state index in [1.54, 1.807) is 4.90 Å². The van der Waals surface area contributed by atoms with Crippen LogP contribution in [0.25, 0.3) is 10.2 Å². The number of rotatable bonds is 2. The first kappa shape index (κ1) is 12.9. The third-order valence-corrected chi connectivity index (χ3v) is 4.49. The Kier molecular flexibility index (Phi) is 3.28. The molecule has 1 atom stereocenters. The molecule has 5 nitrogen and oxygen atoms in total. The van der Waals surface area contributed by atoms with Gasteiger partial charge in [0.05, 0.1) is 16.1 Å². The number of carbonyl (C=O) groups excluding carboxylic acids is 1. The Balaban J connectivity index is 1.75. The first-order chi connectivity index (χ1) is 9.67. The molecule has 2 aromatic rings. The standard InChI is InChI=1S/C14H14N4OS/c1-9-3-2-4-11-12(9)16-14(20-11)17-13(19)10-5-6-18(7-10)8-15/h2-4,10H,5-7H2,1H3,(H,16,17,19)/t10-/m0/s1. The summed E-state index contributed by atoms with van der Waals surface area (Å²) < 4.78 is 1.07. The second-order valence-electron chi connectivity index (χ2n) is 4.96. The van der Waals surface area contributed by atoms with Crippen molar-refractivity contribution in [3.63, 3.8) is 0 Å². The number of hydrogen-bond acceptors (Lipinski definition) is 5. The van der Waals surface area contributed by atoms with E-state index in [2.05, 4.69) is 16.5 Å². The maximum atomic E-state index is 12.2. The molecule has 0 spiro atoms. The molecule has 1 aliphatic rings. The highest BCUT2D eigenvalue weighted by molar-refractivity contribution is 7.22. The topological polar surface area (TPSA) is 69.0 Å². The number of likely N-dealkylation sites (tertiary alicyclic amines) is 1. The first-order valence-electron chi connectivity index (χ1n) is 6.49. The normalized spacial score (nSPS) is 18.2. The smallest absolute Gasteiger partial charge is 0.231 e. The molecule has 1 aromatic carbocycles. The molecule has 0 saturated carbocycles. The maximum Gasteiger partial charge on any atom is 0.231 e. The van der Waals surface area contributed by atoms with E-state index < -0.39 is 0 Å². The predicted molar refractivity (Wildman–Crippen MR) is 78.3 cm³/mol. The highest BCUT2D eigenvalue weighted by Gasteiger charge is 2.28. The van der Waals surface area contributed by atoms with Gasteiger partial charge in [-0.1, -0.05) is 23.5 Å². The molecular weight excluding hydrogens is 272 g/mol. The summed E-state index contributed by atoms with van der Waals surface area (Å²) in [6.07, 6.45) is 2.81. The summed E-state index contributed by atoms with van der Waals surface area (Å²) in [6.45, 7) is 3.18. The van der Waals surface area contributed by atoms with Gasteiger partial charge >= 0.3 is 0 Å². The van der Waals surface area contributed by atoms with Crippen LogP contribution in [0.3, 0.4) is 0 Å². The summed E-state index contributed by atoms with van der Waals surface area (Å²) in [5.41, 5.74) is 2.05. The Labute approximate surface area is 120 Å². The predicted octanol–water partition coefficient (Wildman–Crippen LogP) is 2.35. The molecule has 2 heterocycles. The summed E-state index contributed by atoms with van der Waals surface area (Å²) in [6, 6.07) is 6.00. The average Bonchev–Trinajstić information content (AvgIpc) is 3.05. The summed E-state index contributed by atoms with van der Waals surface area (Å²) in [5.74, 6) is -0.165. The molecule has 1 aromatic heterocycles. The average molecular weight is 286 g/mol. The number of hydrogen-bond donors (Lipinski definition) is 1. The lowest BCUT2D eigenvalue weighted by Crippen LogP contribution is -2.25. The van der Waals surface area contributed by atoms with Crippen LogP contribution in [-0.4, -0.2) is 28.9 Å². The van der Waals surface area contributed by atoms with Gasteiger partial charge in [-0.25, -0.2) is 4.98 Å². The lowest BCUT2D eigenvalue weighted by molar-refractivity contribution is -0.119. The summed E-state index contributed by atoms with van der Waals surface area (Å²) in [5, 5.41) is 12.3. The Hall–Kier alpha value is -2.13. The van der Waals surface area contributed by atoms with Crippen molar-refractivity contribution in [2.75, 3.05) is 18.4 Å². The molecule has 1 fully saturated rings. The number of anilines is 1. The Morgan fingerprint density at radius 3 is 3.15 bits per heavy atom. The van der Waals surface area contributed by atoms with Crippen LogP contribution in [0.4, 0.5) is 5.13 Å². The van der Waals surface area contributed by atoms with Gasteiger partial charge in [-0.15, -0.1) is 0 Å². The Morgan fingerprint density at radius 1 is 1.60 bits per heavy atom. The lowest BCUT2D eigenvalue weighted by atomic mass is 10.1. The zero-order chi connectivity index (χ0) is 14.1. The minimum absolute atomic E-state index is 0.0422. The van der Waals surface area contributed by atoms with Crippen molar-refractivity contribution in [1.82, 2.24) is 9.88 Å². The van der Waals surface area contributed by atoms with Crippen LogP contribution < -0.4 is 5.32 Å². The van der Waals surface area contributed by atoms with Crippen LogP contribution in [0.5, 0.6) is 0 Å². The molecule has 0 unspecified atom stereocenters. The molecule has 3 rings (SSSR count). The van der Waals surface area contributed by atoms with E-state index in [1.165, 1.54) is 11.3 Å². The molecule has 1 N–H and O–H groups in total. The van der Waals surface area contributed by atoms with E-state index in [0.29, 0.717) is 18.2 Å². The highest BCUT2D eigenvalue weighted by atomic mass is 32.1. The van der Waals surface area contributed by atoms with Crippen LogP contribution >= 0.6 is 11.3 Å². The quantitative estimate of drug-likeness (QED) is 0.860. The number of para-hydroxylation sites is 1. The molecule has 20 heavy (non-hydrogen) atoms. The van der Waals surface area contributed by atoms with E-state index in [4.69, 9.17) is 5.26 Å². The fraction of sp³-hybridized carbons (Fsp3) is 0.357. The van der Waals surface area contributed by atoms with Gasteiger partial charge in [0.1, 0.15) is 0 Å². The van der Waals surface area contributed by atoms with Crippen molar-refractivity contribution >= 4 is 32.6 Å². The number of carbonyl (C=O) groups is 1. The number of benzene rings is 1. The number of aryl methyl sites for hydroxylation is 1. The first-order valence-corrected chi connectivity index (χ1v) is 7.30. The summed E-state index contributed by atoms with van der Waals surface area (Å²) >= 11 is 1.48. The highest BCUT2D eigenvalue weighted by Crippen LogP contribution is 2.28. The number of nitriles is 1. The van der Waals surface area contributed by atoms with E-state index in [0.717, 1.165) is 22.2 Å². The van der Waals surface area contributed by atoms with E-state index in [1.807, 2.05) is 25.1 Å². The zero-order valence-corrected chi connectivity index (χ0v) is 11.9. The van der Waals surface area contributed by atoms with Gasteiger partial charge in [0, 0.05) is 13.1 Å². The number of nitrogens with zero attached hydrogens (tertiary/aromatic N) is 3. The molecule has 0 radical (unpaired) electrons.